The van der Waals surface area contributed by atoms with Gasteiger partial charge in [0.1, 0.15) is 0 Å². The van der Waals surface area contributed by atoms with Crippen molar-refractivity contribution in [3.63, 3.8) is 0 Å². The second kappa shape index (κ2) is 9.03. The van der Waals surface area contributed by atoms with E-state index in [0.717, 1.165) is 9.20 Å². The van der Waals surface area contributed by atoms with E-state index in [0.29, 0.717) is 11.3 Å². The van der Waals surface area contributed by atoms with Crippen LogP contribution < -0.4 is 5.32 Å². The number of nitrogens with zero attached hydrogens (tertiary/aromatic N) is 1. The van der Waals surface area contributed by atoms with Gasteiger partial charge < -0.3 is 10.1 Å². The lowest BCUT2D eigenvalue weighted by atomic mass is 10.2. The van der Waals surface area contributed by atoms with Crippen LogP contribution in [0.3, 0.4) is 0 Å². The molecule has 0 saturated carbocycles. The maximum Gasteiger partial charge on any atom is 0.337 e. The zero-order chi connectivity index (χ0) is 20.0. The van der Waals surface area contributed by atoms with Gasteiger partial charge in [-0.15, -0.1) is 11.8 Å². The molecule has 0 aliphatic heterocycles. The Morgan fingerprint density at radius 3 is 2.19 bits per heavy atom. The third kappa shape index (κ3) is 5.31. The largest absolute Gasteiger partial charge is 0.465 e. The predicted octanol–water partition coefficient (Wildman–Crippen LogP) is 2.45. The fraction of sp³-hybridized carbons (Fsp3) is 0.222. The van der Waals surface area contributed by atoms with Crippen LogP contribution in [0.1, 0.15) is 10.4 Å². The molecule has 1 amide bonds. The number of methoxy groups -OCH3 is 1. The number of thioether (sulfide) groups is 1. The maximum absolute atomic E-state index is 12.6. The number of hydrogen-bond acceptors (Lipinski definition) is 6. The van der Waals surface area contributed by atoms with Crippen molar-refractivity contribution in [1.29, 1.82) is 0 Å². The van der Waals surface area contributed by atoms with Crippen LogP contribution in [0.4, 0.5) is 5.69 Å². The lowest BCUT2D eigenvalue weighted by molar-refractivity contribution is -0.116. The summed E-state index contributed by atoms with van der Waals surface area (Å²) in [4.78, 5) is 24.6. The molecule has 0 spiro atoms. The number of sulfonamides is 1. The van der Waals surface area contributed by atoms with Crippen molar-refractivity contribution in [3.05, 3.63) is 54.1 Å². The van der Waals surface area contributed by atoms with Gasteiger partial charge in [-0.3, -0.25) is 4.79 Å². The molecular formula is C18H20N2O5S2. The van der Waals surface area contributed by atoms with Crippen LogP contribution in [0.15, 0.2) is 58.3 Å². The number of likely N-dealkylation sites (N-methyl/N-ethyl adjacent to an activating group) is 1. The topological polar surface area (TPSA) is 92.8 Å². The van der Waals surface area contributed by atoms with Gasteiger partial charge in [0.2, 0.25) is 15.9 Å². The highest BCUT2D eigenvalue weighted by Gasteiger charge is 2.23. The first-order valence-corrected chi connectivity index (χ1v) is 10.5. The minimum atomic E-state index is -3.77. The highest BCUT2D eigenvalue weighted by Crippen LogP contribution is 2.20. The zero-order valence-corrected chi connectivity index (χ0v) is 16.8. The summed E-state index contributed by atoms with van der Waals surface area (Å²) < 4.78 is 30.7. The molecule has 0 atom stereocenters. The van der Waals surface area contributed by atoms with E-state index in [4.69, 9.17) is 0 Å². The van der Waals surface area contributed by atoms with Gasteiger partial charge in [0.15, 0.2) is 0 Å². The third-order valence-corrected chi connectivity index (χ3v) is 6.28. The molecule has 0 aliphatic carbocycles. The fourth-order valence-corrected chi connectivity index (χ4v) is 3.76. The van der Waals surface area contributed by atoms with Gasteiger partial charge in [-0.1, -0.05) is 0 Å². The van der Waals surface area contributed by atoms with E-state index in [-0.39, 0.29) is 11.4 Å². The van der Waals surface area contributed by atoms with Crippen LogP contribution >= 0.6 is 11.8 Å². The van der Waals surface area contributed by atoms with E-state index in [1.165, 1.54) is 50.2 Å². The molecule has 7 nitrogen and oxygen atoms in total. The SMILES string of the molecule is COC(=O)c1ccc(NC(=O)CN(C)S(=O)(=O)c2ccc(SC)cc2)cc1. The normalized spacial score (nSPS) is 11.3. The minimum absolute atomic E-state index is 0.123. The monoisotopic (exact) mass is 408 g/mol. The maximum atomic E-state index is 12.6. The molecule has 2 aromatic carbocycles. The van der Waals surface area contributed by atoms with Crippen molar-refractivity contribution < 1.29 is 22.7 Å². The number of rotatable bonds is 7. The Morgan fingerprint density at radius 2 is 1.67 bits per heavy atom. The van der Waals surface area contributed by atoms with Crippen LogP contribution in [-0.4, -0.2) is 51.6 Å². The summed E-state index contributed by atoms with van der Waals surface area (Å²) >= 11 is 1.51. The van der Waals surface area contributed by atoms with Crippen molar-refractivity contribution in [2.75, 3.05) is 32.3 Å². The quantitative estimate of drug-likeness (QED) is 0.559. The van der Waals surface area contributed by atoms with Gasteiger partial charge >= 0.3 is 5.97 Å². The fourth-order valence-electron chi connectivity index (χ4n) is 2.22. The molecule has 0 radical (unpaired) electrons. The Kier molecular flexibility index (Phi) is 7.00. The molecule has 0 aliphatic rings. The summed E-state index contributed by atoms with van der Waals surface area (Å²) in [6.07, 6.45) is 1.90. The molecule has 0 heterocycles. The van der Waals surface area contributed by atoms with Gasteiger partial charge in [0, 0.05) is 17.6 Å². The molecule has 2 rings (SSSR count). The molecule has 1 N–H and O–H groups in total. The van der Waals surface area contributed by atoms with E-state index >= 15 is 0 Å². The number of carbonyl (C=O) groups is 2. The van der Waals surface area contributed by atoms with Crippen molar-refractivity contribution in [1.82, 2.24) is 4.31 Å². The number of benzene rings is 2. The van der Waals surface area contributed by atoms with Crippen LogP contribution in [-0.2, 0) is 19.6 Å². The average Bonchev–Trinajstić information content (AvgIpc) is 2.67. The summed E-state index contributed by atoms with van der Waals surface area (Å²) in [6, 6.07) is 12.6. The van der Waals surface area contributed by atoms with E-state index in [1.807, 2.05) is 6.26 Å². The van der Waals surface area contributed by atoms with Crippen molar-refractivity contribution in [2.24, 2.45) is 0 Å². The first kappa shape index (κ1) is 20.9. The van der Waals surface area contributed by atoms with E-state index in [1.54, 1.807) is 24.3 Å². The summed E-state index contributed by atoms with van der Waals surface area (Å²) in [6.45, 7) is -0.342. The Hall–Kier alpha value is -2.36. The highest BCUT2D eigenvalue weighted by molar-refractivity contribution is 7.98. The smallest absolute Gasteiger partial charge is 0.337 e. The Balaban J connectivity index is 2.02. The number of amides is 1. The second-order valence-corrected chi connectivity index (χ2v) is 8.48. The summed E-state index contributed by atoms with van der Waals surface area (Å²) in [5.74, 6) is -0.973. The molecule has 2 aromatic rings. The van der Waals surface area contributed by atoms with Crippen LogP contribution in [0.5, 0.6) is 0 Å². The number of ether oxygens (including phenoxy) is 1. The molecule has 0 unspecified atom stereocenters. The molecule has 9 heteroatoms. The second-order valence-electron chi connectivity index (χ2n) is 5.55. The number of esters is 1. The van der Waals surface area contributed by atoms with Crippen LogP contribution in [0, 0.1) is 0 Å². The predicted molar refractivity (Wildman–Crippen MR) is 104 cm³/mol. The summed E-state index contributed by atoms with van der Waals surface area (Å²) in [5.41, 5.74) is 0.798. The lowest BCUT2D eigenvalue weighted by Gasteiger charge is -2.17. The molecule has 27 heavy (non-hydrogen) atoms. The van der Waals surface area contributed by atoms with Crippen molar-refractivity contribution in [2.45, 2.75) is 9.79 Å². The minimum Gasteiger partial charge on any atom is -0.465 e. The molecular weight excluding hydrogens is 388 g/mol. The van der Waals surface area contributed by atoms with Crippen molar-refractivity contribution >= 4 is 39.3 Å². The van der Waals surface area contributed by atoms with Gasteiger partial charge in [0.05, 0.1) is 24.1 Å². The van der Waals surface area contributed by atoms with E-state index in [9.17, 15) is 18.0 Å². The molecule has 0 saturated heterocycles. The number of carbonyl (C=O) groups excluding carboxylic acids is 2. The highest BCUT2D eigenvalue weighted by atomic mass is 32.2. The zero-order valence-electron chi connectivity index (χ0n) is 15.1. The molecule has 0 bridgehead atoms. The number of nitrogens with one attached hydrogen (secondary N) is 1. The standard InChI is InChI=1S/C18H20N2O5S2/c1-20(27(23,24)16-10-8-15(26-3)9-11-16)12-17(21)19-14-6-4-13(5-7-14)18(22)25-2/h4-11H,12H2,1-3H3,(H,19,21). The summed E-state index contributed by atoms with van der Waals surface area (Å²) in [7, 11) is -1.14. The average molecular weight is 409 g/mol. The molecule has 0 aromatic heterocycles. The number of anilines is 1. The Bertz CT molecular complexity index is 910. The van der Waals surface area contributed by atoms with Gasteiger partial charge in [-0.05, 0) is 54.8 Å². The van der Waals surface area contributed by atoms with Crippen molar-refractivity contribution in [3.8, 4) is 0 Å². The third-order valence-electron chi connectivity index (χ3n) is 3.72. The first-order chi connectivity index (χ1) is 12.8. The Morgan fingerprint density at radius 1 is 1.07 bits per heavy atom. The van der Waals surface area contributed by atoms with Gasteiger partial charge in [-0.25, -0.2) is 13.2 Å². The molecule has 144 valence electrons. The van der Waals surface area contributed by atoms with Gasteiger partial charge in [0.25, 0.3) is 0 Å². The number of hydrogen-bond donors (Lipinski definition) is 1. The van der Waals surface area contributed by atoms with E-state index < -0.39 is 21.9 Å². The Labute approximate surface area is 162 Å². The van der Waals surface area contributed by atoms with Crippen LogP contribution in [0.2, 0.25) is 0 Å². The lowest BCUT2D eigenvalue weighted by Crippen LogP contribution is -2.34. The first-order valence-electron chi connectivity index (χ1n) is 7.86. The molecule has 0 fully saturated rings. The van der Waals surface area contributed by atoms with Gasteiger partial charge in [-0.2, -0.15) is 4.31 Å². The summed E-state index contributed by atoms with van der Waals surface area (Å²) in [5, 5.41) is 2.60. The van der Waals surface area contributed by atoms with E-state index in [2.05, 4.69) is 10.1 Å². The van der Waals surface area contributed by atoms with Crippen LogP contribution in [0.25, 0.3) is 0 Å².